The molecule has 0 unspecified atom stereocenters. The van der Waals surface area contributed by atoms with E-state index in [1.165, 1.54) is 0 Å². The van der Waals surface area contributed by atoms with Crippen molar-refractivity contribution >= 4 is 11.9 Å². The third-order valence-corrected chi connectivity index (χ3v) is 4.56. The van der Waals surface area contributed by atoms with Gasteiger partial charge in [-0.3, -0.25) is 9.59 Å². The van der Waals surface area contributed by atoms with Gasteiger partial charge in [0.05, 0.1) is 19.1 Å². The van der Waals surface area contributed by atoms with Gasteiger partial charge in [0.15, 0.2) is 0 Å². The number of carbonyl (C=O) groups excluding carboxylic acids is 1. The number of carboxylic acids is 1. The fraction of sp³-hybridized carbons (Fsp3) is 0.444. The highest BCUT2D eigenvalue weighted by molar-refractivity contribution is 5.95. The average Bonchev–Trinajstić information content (AvgIpc) is 3.38. The first-order valence-corrected chi connectivity index (χ1v) is 8.67. The number of carboxylic acid groups (broad SMARTS) is 1. The van der Waals surface area contributed by atoms with Gasteiger partial charge in [0.25, 0.3) is 5.91 Å². The van der Waals surface area contributed by atoms with Crippen LogP contribution in [0.5, 0.6) is 0 Å². The molecule has 8 heteroatoms. The molecule has 1 atom stereocenters. The Hall–Kier alpha value is -2.74. The van der Waals surface area contributed by atoms with Crippen LogP contribution in [0.4, 0.5) is 0 Å². The fourth-order valence-corrected chi connectivity index (χ4v) is 3.04. The van der Waals surface area contributed by atoms with E-state index in [0.29, 0.717) is 36.3 Å². The molecule has 4 rings (SSSR count). The molecule has 2 heterocycles. The van der Waals surface area contributed by atoms with Crippen molar-refractivity contribution in [1.29, 1.82) is 0 Å². The first kappa shape index (κ1) is 16.7. The first-order chi connectivity index (χ1) is 12.6. The van der Waals surface area contributed by atoms with Gasteiger partial charge in [-0.05, 0) is 25.0 Å². The molecule has 1 saturated carbocycles. The van der Waals surface area contributed by atoms with Crippen molar-refractivity contribution in [2.45, 2.75) is 31.3 Å². The van der Waals surface area contributed by atoms with Crippen molar-refractivity contribution in [2.24, 2.45) is 0 Å². The number of benzene rings is 1. The lowest BCUT2D eigenvalue weighted by molar-refractivity contribution is -0.141. The van der Waals surface area contributed by atoms with E-state index in [-0.39, 0.29) is 18.9 Å². The highest BCUT2D eigenvalue weighted by Crippen LogP contribution is 2.39. The summed E-state index contributed by atoms with van der Waals surface area (Å²) in [5, 5.41) is 12.9. The maximum absolute atomic E-state index is 12.8. The number of ether oxygens (including phenoxy) is 1. The minimum absolute atomic E-state index is 0.114. The zero-order chi connectivity index (χ0) is 18.1. The van der Waals surface area contributed by atoms with E-state index < -0.39 is 12.1 Å². The summed E-state index contributed by atoms with van der Waals surface area (Å²) in [6.45, 7) is 1.04. The van der Waals surface area contributed by atoms with E-state index in [9.17, 15) is 9.59 Å². The van der Waals surface area contributed by atoms with Crippen LogP contribution in [0.3, 0.4) is 0 Å². The van der Waals surface area contributed by atoms with Crippen LogP contribution in [0.25, 0.3) is 11.4 Å². The Balaban J connectivity index is 1.49. The number of nitrogens with zero attached hydrogens (tertiary/aromatic N) is 3. The molecule has 1 aliphatic carbocycles. The second-order valence-corrected chi connectivity index (χ2v) is 6.65. The topological polar surface area (TPSA) is 106 Å². The quantitative estimate of drug-likeness (QED) is 0.871. The summed E-state index contributed by atoms with van der Waals surface area (Å²) in [6.07, 6.45) is 1.56. The van der Waals surface area contributed by atoms with E-state index in [1.54, 1.807) is 23.1 Å². The molecule has 8 nitrogen and oxygen atoms in total. The van der Waals surface area contributed by atoms with Gasteiger partial charge in [-0.1, -0.05) is 17.3 Å². The molecule has 0 bridgehead atoms. The number of hydrogen-bond acceptors (Lipinski definition) is 6. The molecule has 1 saturated heterocycles. The maximum atomic E-state index is 12.8. The number of rotatable bonds is 5. The van der Waals surface area contributed by atoms with Gasteiger partial charge < -0.3 is 19.3 Å². The summed E-state index contributed by atoms with van der Waals surface area (Å²) in [7, 11) is 0. The van der Waals surface area contributed by atoms with Crippen molar-refractivity contribution in [2.75, 3.05) is 19.7 Å². The molecule has 26 heavy (non-hydrogen) atoms. The molecular weight excluding hydrogens is 338 g/mol. The summed E-state index contributed by atoms with van der Waals surface area (Å²) in [6, 6.07) is 7.09. The number of hydrogen-bond donors (Lipinski definition) is 1. The minimum Gasteiger partial charge on any atom is -0.481 e. The molecular formula is C18H19N3O5. The van der Waals surface area contributed by atoms with Crippen molar-refractivity contribution < 1.29 is 24.0 Å². The molecule has 2 aliphatic rings. The van der Waals surface area contributed by atoms with Gasteiger partial charge in [-0.2, -0.15) is 4.98 Å². The SMILES string of the molecule is O=C(O)C[C@H]1CN(C(=O)c2cccc(-c3noc(C4CC4)n3)c2)CCO1. The van der Waals surface area contributed by atoms with E-state index in [2.05, 4.69) is 10.1 Å². The Labute approximate surface area is 149 Å². The lowest BCUT2D eigenvalue weighted by Crippen LogP contribution is -2.46. The number of aromatic nitrogens is 2. The van der Waals surface area contributed by atoms with Crippen molar-refractivity contribution in [3.8, 4) is 11.4 Å². The Morgan fingerprint density at radius 2 is 2.15 bits per heavy atom. The van der Waals surface area contributed by atoms with Gasteiger partial charge in [-0.15, -0.1) is 0 Å². The molecule has 1 aliphatic heterocycles. The van der Waals surface area contributed by atoms with Crippen LogP contribution in [0.1, 0.15) is 41.4 Å². The normalized spacial score (nSPS) is 20.2. The van der Waals surface area contributed by atoms with E-state index >= 15 is 0 Å². The van der Waals surface area contributed by atoms with Crippen LogP contribution in [0.15, 0.2) is 28.8 Å². The van der Waals surface area contributed by atoms with Gasteiger partial charge >= 0.3 is 5.97 Å². The standard InChI is InChI=1S/C18H19N3O5/c22-15(23)9-14-10-21(6-7-25-14)18(24)13-3-1-2-12(8-13)16-19-17(26-20-16)11-4-5-11/h1-3,8,11,14H,4-7,9-10H2,(H,22,23)/t14-/m0/s1. The van der Waals surface area contributed by atoms with Crippen LogP contribution in [0, 0.1) is 0 Å². The van der Waals surface area contributed by atoms with Gasteiger partial charge in [0, 0.05) is 30.1 Å². The van der Waals surface area contributed by atoms with Crippen LogP contribution < -0.4 is 0 Å². The largest absolute Gasteiger partial charge is 0.481 e. The van der Waals surface area contributed by atoms with Crippen LogP contribution in [-0.4, -0.2) is 57.8 Å². The Morgan fingerprint density at radius 1 is 1.31 bits per heavy atom. The number of carbonyl (C=O) groups is 2. The predicted octanol–water partition coefficient (Wildman–Crippen LogP) is 1.93. The third kappa shape index (κ3) is 3.60. The van der Waals surface area contributed by atoms with Crippen molar-refractivity contribution in [3.05, 3.63) is 35.7 Å². The van der Waals surface area contributed by atoms with E-state index in [1.807, 2.05) is 6.07 Å². The molecule has 2 aromatic rings. The number of morpholine rings is 1. The molecule has 2 fully saturated rings. The van der Waals surface area contributed by atoms with Crippen molar-refractivity contribution in [1.82, 2.24) is 15.0 Å². The first-order valence-electron chi connectivity index (χ1n) is 8.67. The lowest BCUT2D eigenvalue weighted by Gasteiger charge is -2.32. The summed E-state index contributed by atoms with van der Waals surface area (Å²) >= 11 is 0. The van der Waals surface area contributed by atoms with E-state index in [0.717, 1.165) is 18.4 Å². The Morgan fingerprint density at radius 3 is 2.92 bits per heavy atom. The van der Waals surface area contributed by atoms with Crippen LogP contribution in [-0.2, 0) is 9.53 Å². The summed E-state index contributed by atoms with van der Waals surface area (Å²) in [5.41, 5.74) is 1.23. The second-order valence-electron chi connectivity index (χ2n) is 6.65. The second kappa shape index (κ2) is 6.87. The molecule has 0 spiro atoms. The molecule has 1 N–H and O–H groups in total. The monoisotopic (exact) mass is 357 g/mol. The van der Waals surface area contributed by atoms with Gasteiger partial charge in [-0.25, -0.2) is 0 Å². The minimum atomic E-state index is -0.935. The highest BCUT2D eigenvalue weighted by atomic mass is 16.5. The average molecular weight is 357 g/mol. The smallest absolute Gasteiger partial charge is 0.306 e. The van der Waals surface area contributed by atoms with Crippen LogP contribution in [0.2, 0.25) is 0 Å². The zero-order valence-electron chi connectivity index (χ0n) is 14.1. The Kier molecular flexibility index (Phi) is 4.42. The maximum Gasteiger partial charge on any atom is 0.306 e. The number of amides is 1. The fourth-order valence-electron chi connectivity index (χ4n) is 3.04. The highest BCUT2D eigenvalue weighted by Gasteiger charge is 2.30. The molecule has 1 amide bonds. The molecule has 1 aromatic carbocycles. The lowest BCUT2D eigenvalue weighted by atomic mass is 10.1. The van der Waals surface area contributed by atoms with Gasteiger partial charge in [0.1, 0.15) is 0 Å². The molecule has 136 valence electrons. The third-order valence-electron chi connectivity index (χ3n) is 4.56. The summed E-state index contributed by atoms with van der Waals surface area (Å²) in [4.78, 5) is 29.7. The Bertz CT molecular complexity index is 830. The zero-order valence-corrected chi connectivity index (χ0v) is 14.1. The molecule has 0 radical (unpaired) electrons. The molecule has 1 aromatic heterocycles. The predicted molar refractivity (Wildman–Crippen MR) is 89.6 cm³/mol. The summed E-state index contributed by atoms with van der Waals surface area (Å²) < 4.78 is 10.7. The summed E-state index contributed by atoms with van der Waals surface area (Å²) in [5.74, 6) is 0.417. The van der Waals surface area contributed by atoms with E-state index in [4.69, 9.17) is 14.4 Å². The van der Waals surface area contributed by atoms with Crippen LogP contribution >= 0.6 is 0 Å². The van der Waals surface area contributed by atoms with Crippen molar-refractivity contribution in [3.63, 3.8) is 0 Å². The number of aliphatic carboxylic acids is 1. The van der Waals surface area contributed by atoms with Gasteiger partial charge in [0.2, 0.25) is 11.7 Å².